The molecule has 0 radical (unpaired) electrons. The highest BCUT2D eigenvalue weighted by atomic mass is 19.2. The number of carboxylic acids is 1. The van der Waals surface area contributed by atoms with E-state index in [0.717, 1.165) is 0 Å². The first-order valence-electron chi connectivity index (χ1n) is 6.31. The lowest BCUT2D eigenvalue weighted by atomic mass is 9.98. The van der Waals surface area contributed by atoms with E-state index in [4.69, 9.17) is 0 Å². The van der Waals surface area contributed by atoms with Crippen LogP contribution in [0.25, 0.3) is 0 Å². The summed E-state index contributed by atoms with van der Waals surface area (Å²) in [6, 6.07) is -0.191. The molecule has 0 saturated heterocycles. The number of anilines is 1. The molecule has 0 atom stereocenters. The largest absolute Gasteiger partial charge is 0.480 e. The van der Waals surface area contributed by atoms with Crippen LogP contribution in [0.1, 0.15) is 25.7 Å². The van der Waals surface area contributed by atoms with Gasteiger partial charge >= 0.3 is 12.0 Å². The average molecular weight is 302 g/mol. The summed E-state index contributed by atoms with van der Waals surface area (Å²) in [5, 5.41) is 13.4. The summed E-state index contributed by atoms with van der Waals surface area (Å²) in [6.45, 7) is 0. The van der Waals surface area contributed by atoms with Gasteiger partial charge in [0.25, 0.3) is 0 Å². The summed E-state index contributed by atoms with van der Waals surface area (Å²) in [4.78, 5) is 23.0. The standard InChI is InChI=1S/C13H13F3N2O3/c14-7-5-9(16)10(6-8(7)15)17-12(21)18-13(11(19)20)3-1-2-4-13/h5-6H,1-4H2,(H,19,20)(H2,17,18,21). The summed E-state index contributed by atoms with van der Waals surface area (Å²) >= 11 is 0. The lowest BCUT2D eigenvalue weighted by Gasteiger charge is -2.25. The number of benzene rings is 1. The first-order chi connectivity index (χ1) is 9.84. The van der Waals surface area contributed by atoms with Gasteiger partial charge in [0.05, 0.1) is 5.69 Å². The first-order valence-corrected chi connectivity index (χ1v) is 6.31. The van der Waals surface area contributed by atoms with Crippen LogP contribution in [-0.4, -0.2) is 22.6 Å². The van der Waals surface area contributed by atoms with Gasteiger partial charge in [0.2, 0.25) is 0 Å². The summed E-state index contributed by atoms with van der Waals surface area (Å²) in [7, 11) is 0. The second-order valence-electron chi connectivity index (χ2n) is 4.92. The number of hydrogen-bond acceptors (Lipinski definition) is 2. The predicted molar refractivity (Wildman–Crippen MR) is 67.3 cm³/mol. The molecule has 1 aliphatic rings. The van der Waals surface area contributed by atoms with Crippen LogP contribution in [0.3, 0.4) is 0 Å². The van der Waals surface area contributed by atoms with Crippen LogP contribution < -0.4 is 10.6 Å². The van der Waals surface area contributed by atoms with Gasteiger partial charge in [0, 0.05) is 12.1 Å². The minimum atomic E-state index is -1.40. The van der Waals surface area contributed by atoms with Gasteiger partial charge in [-0.3, -0.25) is 0 Å². The highest BCUT2D eigenvalue weighted by Crippen LogP contribution is 2.30. The van der Waals surface area contributed by atoms with E-state index in [2.05, 4.69) is 5.32 Å². The molecule has 5 nitrogen and oxygen atoms in total. The number of carboxylic acid groups (broad SMARTS) is 1. The van der Waals surface area contributed by atoms with Crippen molar-refractivity contribution in [1.29, 1.82) is 0 Å². The fourth-order valence-electron chi connectivity index (χ4n) is 2.36. The molecule has 114 valence electrons. The number of urea groups is 1. The van der Waals surface area contributed by atoms with Gasteiger partial charge in [-0.05, 0) is 12.8 Å². The van der Waals surface area contributed by atoms with Crippen LogP contribution in [0.4, 0.5) is 23.7 Å². The molecule has 1 aromatic rings. The van der Waals surface area contributed by atoms with E-state index in [-0.39, 0.29) is 12.8 Å². The Morgan fingerprint density at radius 1 is 1.05 bits per heavy atom. The smallest absolute Gasteiger partial charge is 0.329 e. The highest BCUT2D eigenvalue weighted by Gasteiger charge is 2.42. The Kier molecular flexibility index (Phi) is 4.06. The van der Waals surface area contributed by atoms with Crippen molar-refractivity contribution >= 4 is 17.7 Å². The number of aliphatic carboxylic acids is 1. The molecule has 3 N–H and O–H groups in total. The topological polar surface area (TPSA) is 78.4 Å². The van der Waals surface area contributed by atoms with Crippen molar-refractivity contribution in [2.45, 2.75) is 31.2 Å². The van der Waals surface area contributed by atoms with Gasteiger partial charge < -0.3 is 15.7 Å². The zero-order valence-electron chi connectivity index (χ0n) is 10.9. The van der Waals surface area contributed by atoms with E-state index in [1.807, 2.05) is 5.32 Å². The molecule has 0 aromatic heterocycles. The fraction of sp³-hybridized carbons (Fsp3) is 0.385. The third-order valence-corrected chi connectivity index (χ3v) is 3.48. The van der Waals surface area contributed by atoms with E-state index in [1.54, 1.807) is 0 Å². The molecule has 8 heteroatoms. The molecule has 0 unspecified atom stereocenters. The lowest BCUT2D eigenvalue weighted by Crippen LogP contribution is -2.53. The molecule has 1 fully saturated rings. The molecule has 1 aliphatic carbocycles. The molecule has 0 heterocycles. The maximum Gasteiger partial charge on any atom is 0.329 e. The Morgan fingerprint density at radius 3 is 2.19 bits per heavy atom. The molecule has 0 bridgehead atoms. The van der Waals surface area contributed by atoms with Crippen molar-refractivity contribution < 1.29 is 27.9 Å². The average Bonchev–Trinajstić information content (AvgIpc) is 2.85. The number of halogens is 3. The van der Waals surface area contributed by atoms with Crippen LogP contribution >= 0.6 is 0 Å². The van der Waals surface area contributed by atoms with E-state index in [1.165, 1.54) is 0 Å². The maximum absolute atomic E-state index is 13.4. The molecule has 2 amide bonds. The Morgan fingerprint density at radius 2 is 1.62 bits per heavy atom. The third-order valence-electron chi connectivity index (χ3n) is 3.48. The molecular formula is C13H13F3N2O3. The van der Waals surface area contributed by atoms with Crippen LogP contribution in [0.5, 0.6) is 0 Å². The number of carbonyl (C=O) groups is 2. The van der Waals surface area contributed by atoms with Crippen LogP contribution in [0.15, 0.2) is 12.1 Å². The molecule has 0 aliphatic heterocycles. The van der Waals surface area contributed by atoms with Gasteiger partial charge in [-0.15, -0.1) is 0 Å². The zero-order valence-corrected chi connectivity index (χ0v) is 10.9. The van der Waals surface area contributed by atoms with Crippen LogP contribution in [0, 0.1) is 17.5 Å². The van der Waals surface area contributed by atoms with Crippen molar-refractivity contribution in [1.82, 2.24) is 5.32 Å². The van der Waals surface area contributed by atoms with Crippen molar-refractivity contribution in [3.05, 3.63) is 29.6 Å². The van der Waals surface area contributed by atoms with Gasteiger partial charge in [0.1, 0.15) is 11.4 Å². The summed E-state index contributed by atoms with van der Waals surface area (Å²) in [5.74, 6) is -5.03. The van der Waals surface area contributed by atoms with Gasteiger partial charge in [-0.2, -0.15) is 0 Å². The predicted octanol–water partition coefficient (Wildman–Crippen LogP) is 2.62. The van der Waals surface area contributed by atoms with Crippen LogP contribution in [-0.2, 0) is 4.79 Å². The molecule has 1 aromatic carbocycles. The molecule has 1 saturated carbocycles. The number of rotatable bonds is 3. The molecule has 0 spiro atoms. The summed E-state index contributed by atoms with van der Waals surface area (Å²) in [6.07, 6.45) is 1.81. The van der Waals surface area contributed by atoms with Gasteiger partial charge in [0.15, 0.2) is 11.6 Å². The number of nitrogens with one attached hydrogen (secondary N) is 2. The Labute approximate surface area is 118 Å². The van der Waals surface area contributed by atoms with Crippen molar-refractivity contribution in [2.24, 2.45) is 0 Å². The maximum atomic E-state index is 13.4. The molecular weight excluding hydrogens is 289 g/mol. The normalized spacial score (nSPS) is 16.5. The number of hydrogen-bond donors (Lipinski definition) is 3. The monoisotopic (exact) mass is 302 g/mol. The van der Waals surface area contributed by atoms with Crippen molar-refractivity contribution in [3.8, 4) is 0 Å². The van der Waals surface area contributed by atoms with E-state index < -0.39 is 40.7 Å². The minimum absolute atomic E-state index is 0.260. The van der Waals surface area contributed by atoms with Gasteiger partial charge in [-0.25, -0.2) is 22.8 Å². The second-order valence-corrected chi connectivity index (χ2v) is 4.92. The Hall–Kier alpha value is -2.25. The highest BCUT2D eigenvalue weighted by molar-refractivity contribution is 5.94. The minimum Gasteiger partial charge on any atom is -0.480 e. The van der Waals surface area contributed by atoms with E-state index in [9.17, 15) is 27.9 Å². The van der Waals surface area contributed by atoms with Crippen molar-refractivity contribution in [3.63, 3.8) is 0 Å². The zero-order chi connectivity index (χ0) is 15.6. The molecule has 2 rings (SSSR count). The lowest BCUT2D eigenvalue weighted by molar-refractivity contribution is -0.144. The summed E-state index contributed by atoms with van der Waals surface area (Å²) < 4.78 is 39.2. The quantitative estimate of drug-likeness (QED) is 0.751. The Balaban J connectivity index is 2.12. The second kappa shape index (κ2) is 5.63. The fourth-order valence-corrected chi connectivity index (χ4v) is 2.36. The SMILES string of the molecule is O=C(Nc1cc(F)c(F)cc1F)NC1(C(=O)O)CCCC1. The molecule has 21 heavy (non-hydrogen) atoms. The first kappa shape index (κ1) is 15.1. The Bertz CT molecular complexity index is 586. The third kappa shape index (κ3) is 3.09. The van der Waals surface area contributed by atoms with Crippen molar-refractivity contribution in [2.75, 3.05) is 5.32 Å². The number of carbonyl (C=O) groups excluding carboxylic acids is 1. The number of amides is 2. The van der Waals surface area contributed by atoms with E-state index >= 15 is 0 Å². The van der Waals surface area contributed by atoms with Crippen LogP contribution in [0.2, 0.25) is 0 Å². The summed E-state index contributed by atoms with van der Waals surface area (Å²) in [5.41, 5.74) is -1.97. The van der Waals surface area contributed by atoms with E-state index in [0.29, 0.717) is 25.0 Å². The van der Waals surface area contributed by atoms with Gasteiger partial charge in [-0.1, -0.05) is 12.8 Å².